The van der Waals surface area contributed by atoms with Gasteiger partial charge in [-0.05, 0) is 0 Å². The molecule has 9 nitrogen and oxygen atoms in total. The summed E-state index contributed by atoms with van der Waals surface area (Å²) in [4.78, 5) is 0. The Morgan fingerprint density at radius 2 is 1.47 bits per heavy atom. The third kappa shape index (κ3) is 15.9. The first-order chi connectivity index (χ1) is 7.92. The van der Waals surface area contributed by atoms with Crippen molar-refractivity contribution in [3.05, 3.63) is 0 Å². The normalized spacial score (nSPS) is 13.8. The number of hydrogen-bond donors (Lipinski definition) is 1. The largest absolute Gasteiger partial charge is 0.750 e. The van der Waals surface area contributed by atoms with E-state index in [1.54, 1.807) is 0 Å². The van der Waals surface area contributed by atoms with Gasteiger partial charge in [-0.1, -0.05) is 0 Å². The molecule has 0 bridgehead atoms. The molecule has 0 heterocycles. The Bertz CT molecular complexity index is 301. The smallest absolute Gasteiger partial charge is 0.397 e. The molecule has 0 amide bonds. The maximum atomic E-state index is 10.1. The van der Waals surface area contributed by atoms with Crippen molar-refractivity contribution in [3.63, 3.8) is 0 Å². The Morgan fingerprint density at radius 3 is 1.94 bits per heavy atom. The van der Waals surface area contributed by atoms with E-state index in [0.29, 0.717) is 0 Å². The molecular formula is C6H13O9S2-. The maximum absolute atomic E-state index is 10.1. The van der Waals surface area contributed by atoms with Crippen LogP contribution in [0.15, 0.2) is 0 Å². The van der Waals surface area contributed by atoms with Gasteiger partial charge in [0.2, 0.25) is 0 Å². The summed E-state index contributed by atoms with van der Waals surface area (Å²) in [6.45, 7) is 0.0677. The van der Waals surface area contributed by atoms with Crippen LogP contribution in [0.25, 0.3) is 0 Å². The molecule has 0 radical (unpaired) electrons. The fourth-order valence-corrected chi connectivity index (χ4v) is 1.16. The van der Waals surface area contributed by atoms with Crippen molar-refractivity contribution in [2.24, 2.45) is 0 Å². The topological polar surface area (TPSA) is 131 Å². The third-order valence-corrected chi connectivity index (χ3v) is 2.06. The molecule has 0 saturated carbocycles. The third-order valence-electron chi connectivity index (χ3n) is 1.24. The lowest BCUT2D eigenvalue weighted by molar-refractivity contribution is 0.0272. The van der Waals surface area contributed by atoms with Gasteiger partial charge in [-0.25, -0.2) is 8.39 Å². The van der Waals surface area contributed by atoms with Gasteiger partial charge < -0.3 is 14.0 Å². The standard InChI is InChI=1S/C6H14O9S2/c7-16(8)14-5-3-12-1-2-13-4-6-15-17(9,10)11/h1-6H2,(H,7,8)(H,9,10,11)/p-1. The SMILES string of the molecule is O=S([O-])OCCOCCOCCOS(=O)(=O)O. The summed E-state index contributed by atoms with van der Waals surface area (Å²) in [7, 11) is -4.42. The molecule has 104 valence electrons. The number of ether oxygens (including phenoxy) is 2. The molecule has 1 unspecified atom stereocenters. The highest BCUT2D eigenvalue weighted by atomic mass is 32.3. The van der Waals surface area contributed by atoms with Gasteiger partial charge in [-0.2, -0.15) is 8.42 Å². The second kappa shape index (κ2) is 9.85. The Morgan fingerprint density at radius 1 is 1.00 bits per heavy atom. The Kier molecular flexibility index (Phi) is 9.76. The Hall–Kier alpha value is -0.140. The van der Waals surface area contributed by atoms with E-state index < -0.39 is 21.8 Å². The minimum absolute atomic E-state index is 0.0236. The summed E-state index contributed by atoms with van der Waals surface area (Å²) in [6, 6.07) is 0. The monoisotopic (exact) mass is 293 g/mol. The van der Waals surface area contributed by atoms with Gasteiger partial charge >= 0.3 is 10.4 Å². The minimum atomic E-state index is -4.42. The highest BCUT2D eigenvalue weighted by Gasteiger charge is 2.02. The molecule has 0 aliphatic rings. The fraction of sp³-hybridized carbons (Fsp3) is 1.00. The van der Waals surface area contributed by atoms with Crippen LogP contribution in [0.2, 0.25) is 0 Å². The van der Waals surface area contributed by atoms with Crippen molar-refractivity contribution in [2.45, 2.75) is 0 Å². The van der Waals surface area contributed by atoms with Crippen molar-refractivity contribution in [2.75, 3.05) is 39.6 Å². The van der Waals surface area contributed by atoms with Crippen LogP contribution in [0.3, 0.4) is 0 Å². The first-order valence-electron chi connectivity index (χ1n) is 4.41. The summed E-state index contributed by atoms with van der Waals surface area (Å²) in [6.07, 6.45) is 0. The Balaban J connectivity index is 3.11. The summed E-state index contributed by atoms with van der Waals surface area (Å²) in [5, 5.41) is 0. The van der Waals surface area contributed by atoms with Gasteiger partial charge in [0.1, 0.15) is 0 Å². The highest BCUT2D eigenvalue weighted by molar-refractivity contribution is 7.80. The molecule has 0 fully saturated rings. The molecule has 0 aromatic rings. The lowest BCUT2D eigenvalue weighted by Crippen LogP contribution is -2.13. The van der Waals surface area contributed by atoms with Crippen LogP contribution in [-0.2, 0) is 39.6 Å². The van der Waals surface area contributed by atoms with Gasteiger partial charge in [-0.3, -0.25) is 8.74 Å². The van der Waals surface area contributed by atoms with Crippen LogP contribution in [-0.4, -0.2) is 61.4 Å². The zero-order chi connectivity index (χ0) is 13.1. The van der Waals surface area contributed by atoms with E-state index in [0.717, 1.165) is 0 Å². The van der Waals surface area contributed by atoms with Crippen LogP contribution >= 0.6 is 0 Å². The number of hydrogen-bond acceptors (Lipinski definition) is 8. The molecule has 0 aliphatic heterocycles. The van der Waals surface area contributed by atoms with Crippen LogP contribution < -0.4 is 0 Å². The first kappa shape index (κ1) is 16.9. The molecule has 0 rings (SSSR count). The second-order valence-electron chi connectivity index (χ2n) is 2.50. The van der Waals surface area contributed by atoms with Crippen LogP contribution in [0.1, 0.15) is 0 Å². The fourth-order valence-electron chi connectivity index (χ4n) is 0.681. The average molecular weight is 293 g/mol. The first-order valence-corrected chi connectivity index (χ1v) is 6.78. The second-order valence-corrected chi connectivity index (χ2v) is 4.24. The molecular weight excluding hydrogens is 280 g/mol. The van der Waals surface area contributed by atoms with E-state index in [4.69, 9.17) is 14.0 Å². The summed E-state index contributed by atoms with van der Waals surface area (Å²) in [5.41, 5.74) is 0. The van der Waals surface area contributed by atoms with Crippen molar-refractivity contribution >= 4 is 21.8 Å². The van der Waals surface area contributed by atoms with Crippen molar-refractivity contribution in [1.82, 2.24) is 0 Å². The van der Waals surface area contributed by atoms with Crippen molar-refractivity contribution in [1.29, 1.82) is 0 Å². The van der Waals surface area contributed by atoms with Gasteiger partial charge in [0, 0.05) is 0 Å². The molecule has 0 aliphatic carbocycles. The minimum Gasteiger partial charge on any atom is -0.750 e. The molecule has 0 spiro atoms. The molecule has 1 N–H and O–H groups in total. The van der Waals surface area contributed by atoms with Crippen LogP contribution in [0.5, 0.6) is 0 Å². The lowest BCUT2D eigenvalue weighted by Gasteiger charge is -2.07. The molecule has 17 heavy (non-hydrogen) atoms. The van der Waals surface area contributed by atoms with Gasteiger partial charge in [0.05, 0.1) is 51.0 Å². The average Bonchev–Trinajstić information content (AvgIpc) is 2.18. The van der Waals surface area contributed by atoms with Crippen molar-refractivity contribution < 1.29 is 39.6 Å². The molecule has 0 saturated heterocycles. The van der Waals surface area contributed by atoms with E-state index >= 15 is 0 Å². The molecule has 0 aromatic carbocycles. The van der Waals surface area contributed by atoms with Crippen molar-refractivity contribution in [3.8, 4) is 0 Å². The van der Waals surface area contributed by atoms with Gasteiger partial charge in [-0.15, -0.1) is 0 Å². The van der Waals surface area contributed by atoms with E-state index in [1.807, 2.05) is 0 Å². The molecule has 11 heteroatoms. The van der Waals surface area contributed by atoms with E-state index in [2.05, 4.69) is 8.37 Å². The van der Waals surface area contributed by atoms with E-state index in [-0.39, 0.29) is 39.6 Å². The predicted octanol–water partition coefficient (Wildman–Crippen LogP) is -1.35. The summed E-state index contributed by atoms with van der Waals surface area (Å²) >= 11 is -2.54. The van der Waals surface area contributed by atoms with Gasteiger partial charge in [0.15, 0.2) is 0 Å². The molecule has 1 atom stereocenters. The number of rotatable bonds is 11. The highest BCUT2D eigenvalue weighted by Crippen LogP contribution is 1.87. The Labute approximate surface area is 101 Å². The summed E-state index contributed by atoms with van der Waals surface area (Å²) in [5.74, 6) is 0. The molecule has 0 aromatic heterocycles. The zero-order valence-electron chi connectivity index (χ0n) is 8.77. The lowest BCUT2D eigenvalue weighted by atomic mass is 10.7. The van der Waals surface area contributed by atoms with Crippen LogP contribution in [0, 0.1) is 0 Å². The predicted molar refractivity (Wildman–Crippen MR) is 54.0 cm³/mol. The maximum Gasteiger partial charge on any atom is 0.397 e. The van der Waals surface area contributed by atoms with Gasteiger partial charge in [0.25, 0.3) is 0 Å². The van der Waals surface area contributed by atoms with E-state index in [1.165, 1.54) is 0 Å². The van der Waals surface area contributed by atoms with Crippen LogP contribution in [0.4, 0.5) is 0 Å². The quantitative estimate of drug-likeness (QED) is 0.279. The zero-order valence-corrected chi connectivity index (χ0v) is 10.4. The van der Waals surface area contributed by atoms with E-state index in [9.17, 15) is 17.2 Å². The summed E-state index contributed by atoms with van der Waals surface area (Å²) < 4.78 is 66.0.